The predicted molar refractivity (Wildman–Crippen MR) is 222 cm³/mol. The van der Waals surface area contributed by atoms with Crippen molar-refractivity contribution in [3.05, 3.63) is 163 Å². The number of hydrogen-bond acceptors (Lipinski definition) is 6. The van der Waals surface area contributed by atoms with Gasteiger partial charge in [-0.15, -0.1) is 0 Å². The molecule has 0 saturated carbocycles. The van der Waals surface area contributed by atoms with Crippen LogP contribution in [0.3, 0.4) is 0 Å². The summed E-state index contributed by atoms with van der Waals surface area (Å²) in [5.41, 5.74) is 1.78. The Morgan fingerprint density at radius 3 is 1.54 bits per heavy atom. The first kappa shape index (κ1) is 40.8. The molecule has 3 atom stereocenters. The number of amides is 1. The van der Waals surface area contributed by atoms with E-state index < -0.39 is 47.6 Å². The summed E-state index contributed by atoms with van der Waals surface area (Å²) in [5, 5.41) is 24.6. The smallest absolute Gasteiger partial charge is 0.410 e. The molecule has 54 heavy (non-hydrogen) atoms. The van der Waals surface area contributed by atoms with Crippen molar-refractivity contribution in [2.75, 3.05) is 13.2 Å². The third kappa shape index (κ3) is 10.2. The average Bonchev–Trinajstić information content (AvgIpc) is 3.19. The topological polar surface area (TPSA) is 88.5 Å². The Bertz CT molecular complexity index is 1740. The van der Waals surface area contributed by atoms with Gasteiger partial charge in [0.2, 0.25) is 0 Å². The number of rotatable bonds is 17. The normalized spacial score (nSPS) is 13.8. The minimum atomic E-state index is -3.40. The van der Waals surface area contributed by atoms with Crippen LogP contribution in [-0.4, -0.2) is 69.3 Å². The van der Waals surface area contributed by atoms with E-state index in [1.165, 1.54) is 0 Å². The first-order chi connectivity index (χ1) is 25.9. The van der Waals surface area contributed by atoms with Crippen molar-refractivity contribution >= 4 is 38.3 Å². The number of aliphatic hydroxyl groups is 2. The van der Waals surface area contributed by atoms with Gasteiger partial charge in [0.15, 0.2) is 8.32 Å². The van der Waals surface area contributed by atoms with Crippen LogP contribution < -0.4 is 15.6 Å². The summed E-state index contributed by atoms with van der Waals surface area (Å²) in [6, 6.07) is 49.4. The van der Waals surface area contributed by atoms with Gasteiger partial charge < -0.3 is 23.8 Å². The predicted octanol–water partition coefficient (Wildman–Crippen LogP) is 7.01. The van der Waals surface area contributed by atoms with Crippen LogP contribution in [0.2, 0.25) is 18.1 Å². The molecule has 5 aromatic rings. The monoisotopic (exact) mass is 761 g/mol. The Balaban J connectivity index is 1.72. The Morgan fingerprint density at radius 2 is 1.11 bits per heavy atom. The summed E-state index contributed by atoms with van der Waals surface area (Å²) in [5.74, 6) is 0. The number of carbonyl (C=O) groups is 1. The van der Waals surface area contributed by atoms with Gasteiger partial charge in [-0.3, -0.25) is 4.90 Å². The SMILES string of the molecule is CC(C)(C)[Si](C)(C)OC[C@H]([C@H](CC(O)CO)O[Si](c1ccccc1)(c1ccccc1)c1ccccc1)N(Cc1ccccc1)C(=O)OCc1ccccc1. The van der Waals surface area contributed by atoms with Crippen molar-refractivity contribution in [1.82, 2.24) is 4.90 Å². The lowest BCUT2D eigenvalue weighted by Crippen LogP contribution is -2.72. The van der Waals surface area contributed by atoms with Crippen molar-refractivity contribution in [2.45, 2.75) is 76.7 Å². The van der Waals surface area contributed by atoms with Gasteiger partial charge in [-0.2, -0.15) is 0 Å². The zero-order valence-electron chi connectivity index (χ0n) is 32.2. The molecule has 0 spiro atoms. The van der Waals surface area contributed by atoms with Crippen molar-refractivity contribution in [3.63, 3.8) is 0 Å². The lowest BCUT2D eigenvalue weighted by molar-refractivity contribution is -0.0141. The van der Waals surface area contributed by atoms with E-state index in [-0.39, 0.29) is 31.2 Å². The van der Waals surface area contributed by atoms with Crippen LogP contribution >= 0.6 is 0 Å². The van der Waals surface area contributed by atoms with Crippen molar-refractivity contribution in [3.8, 4) is 0 Å². The number of hydrogen-bond donors (Lipinski definition) is 2. The molecule has 7 nitrogen and oxygen atoms in total. The number of nitrogens with zero attached hydrogens (tertiary/aromatic N) is 1. The minimum Gasteiger partial charge on any atom is -0.445 e. The van der Waals surface area contributed by atoms with Gasteiger partial charge in [0.05, 0.1) is 31.5 Å². The summed E-state index contributed by atoms with van der Waals surface area (Å²) in [6.07, 6.45) is -2.42. The van der Waals surface area contributed by atoms with Gasteiger partial charge in [0.1, 0.15) is 6.61 Å². The molecule has 1 amide bonds. The van der Waals surface area contributed by atoms with E-state index in [4.69, 9.17) is 13.6 Å². The molecule has 0 bridgehead atoms. The molecule has 284 valence electrons. The summed E-state index contributed by atoms with van der Waals surface area (Å²) < 4.78 is 20.9. The molecule has 0 radical (unpaired) electrons. The van der Waals surface area contributed by atoms with E-state index in [9.17, 15) is 15.0 Å². The summed E-state index contributed by atoms with van der Waals surface area (Å²) in [4.78, 5) is 16.3. The molecule has 0 aliphatic heterocycles. The van der Waals surface area contributed by atoms with Gasteiger partial charge >= 0.3 is 6.09 Å². The average molecular weight is 762 g/mol. The molecular formula is C45H55NO6Si2. The molecule has 2 N–H and O–H groups in total. The van der Waals surface area contributed by atoms with E-state index in [0.717, 1.165) is 26.7 Å². The Hall–Kier alpha value is -4.36. The van der Waals surface area contributed by atoms with E-state index in [0.29, 0.717) is 0 Å². The maximum Gasteiger partial charge on any atom is 0.410 e. The second kappa shape index (κ2) is 18.8. The van der Waals surface area contributed by atoms with Gasteiger partial charge in [0, 0.05) is 13.0 Å². The fraction of sp³-hybridized carbons (Fsp3) is 0.311. The van der Waals surface area contributed by atoms with Gasteiger partial charge in [0.25, 0.3) is 8.32 Å². The van der Waals surface area contributed by atoms with Gasteiger partial charge in [-0.25, -0.2) is 4.79 Å². The molecule has 5 aromatic carbocycles. The highest BCUT2D eigenvalue weighted by atomic mass is 28.4. The molecule has 0 aliphatic rings. The number of carbonyl (C=O) groups excluding carboxylic acids is 1. The maximum absolute atomic E-state index is 14.6. The largest absolute Gasteiger partial charge is 0.445 e. The van der Waals surface area contributed by atoms with Crippen LogP contribution in [0.4, 0.5) is 4.79 Å². The Kier molecular flexibility index (Phi) is 14.2. The summed E-state index contributed by atoms with van der Waals surface area (Å²) in [7, 11) is -5.79. The quantitative estimate of drug-likeness (QED) is 0.0784. The maximum atomic E-state index is 14.6. The second-order valence-corrected chi connectivity index (χ2v) is 23.4. The van der Waals surface area contributed by atoms with Crippen molar-refractivity contribution < 1.29 is 28.6 Å². The minimum absolute atomic E-state index is 0.0422. The first-order valence-electron chi connectivity index (χ1n) is 18.7. The highest BCUT2D eigenvalue weighted by molar-refractivity contribution is 7.07. The second-order valence-electron chi connectivity index (χ2n) is 15.3. The highest BCUT2D eigenvalue weighted by Gasteiger charge is 2.48. The van der Waals surface area contributed by atoms with Crippen LogP contribution in [0.25, 0.3) is 0 Å². The van der Waals surface area contributed by atoms with E-state index in [2.05, 4.69) is 70.3 Å². The van der Waals surface area contributed by atoms with E-state index >= 15 is 0 Å². The molecule has 0 aromatic heterocycles. The molecular weight excluding hydrogens is 707 g/mol. The van der Waals surface area contributed by atoms with Crippen LogP contribution in [0.1, 0.15) is 38.3 Å². The van der Waals surface area contributed by atoms with Crippen molar-refractivity contribution in [1.29, 1.82) is 0 Å². The zero-order chi connectivity index (χ0) is 38.6. The Labute approximate surface area is 323 Å². The lowest BCUT2D eigenvalue weighted by Gasteiger charge is -2.45. The Morgan fingerprint density at radius 1 is 0.685 bits per heavy atom. The third-order valence-electron chi connectivity index (χ3n) is 10.5. The molecule has 0 fully saturated rings. The standard InChI is InChI=1S/C45H55NO6Si2/c1-45(2,3)53(4,5)51-35-42(46(32-36-21-11-6-12-22-36)44(49)50-34-37-23-13-7-14-24-37)43(31-38(48)33-47)52-54(39-25-15-8-16-26-39,40-27-17-9-18-28-40)41-29-19-10-20-30-41/h6-30,38,42-43,47-48H,31-35H2,1-5H3/t38?,42-,43+/m1/s1. The lowest BCUT2D eigenvalue weighted by atomic mass is 10.0. The fourth-order valence-electron chi connectivity index (χ4n) is 6.38. The van der Waals surface area contributed by atoms with Crippen LogP contribution in [-0.2, 0) is 26.7 Å². The van der Waals surface area contributed by atoms with E-state index in [1.54, 1.807) is 4.90 Å². The molecule has 1 unspecified atom stereocenters. The zero-order valence-corrected chi connectivity index (χ0v) is 34.2. The summed E-state index contributed by atoms with van der Waals surface area (Å²) in [6.45, 7) is 10.9. The summed E-state index contributed by atoms with van der Waals surface area (Å²) >= 11 is 0. The fourth-order valence-corrected chi connectivity index (χ4v) is 11.5. The molecule has 9 heteroatoms. The van der Waals surface area contributed by atoms with Gasteiger partial charge in [-0.05, 0) is 44.8 Å². The number of ether oxygens (including phenoxy) is 1. The number of aliphatic hydroxyl groups excluding tert-OH is 2. The molecule has 0 heterocycles. The van der Waals surface area contributed by atoms with Crippen LogP contribution in [0, 0.1) is 0 Å². The van der Waals surface area contributed by atoms with Crippen molar-refractivity contribution in [2.24, 2.45) is 0 Å². The highest BCUT2D eigenvalue weighted by Crippen LogP contribution is 2.37. The number of benzene rings is 5. The molecule has 0 saturated heterocycles. The van der Waals surface area contributed by atoms with Crippen LogP contribution in [0.15, 0.2) is 152 Å². The first-order valence-corrected chi connectivity index (χ1v) is 23.5. The molecule has 0 aliphatic carbocycles. The van der Waals surface area contributed by atoms with Gasteiger partial charge in [-0.1, -0.05) is 172 Å². The van der Waals surface area contributed by atoms with Crippen LogP contribution in [0.5, 0.6) is 0 Å². The third-order valence-corrected chi connectivity index (χ3v) is 19.1. The van der Waals surface area contributed by atoms with E-state index in [1.807, 2.05) is 115 Å². The molecule has 5 rings (SSSR count).